The van der Waals surface area contributed by atoms with Gasteiger partial charge in [0.05, 0.1) is 19.1 Å². The van der Waals surface area contributed by atoms with Crippen molar-refractivity contribution in [1.29, 1.82) is 0 Å². The molecule has 42 heavy (non-hydrogen) atoms. The van der Waals surface area contributed by atoms with Crippen LogP contribution in [-0.2, 0) is 10.2 Å². The molecular formula is C35H27FN2O4. The molecule has 6 nitrogen and oxygen atoms in total. The molecule has 1 saturated heterocycles. The summed E-state index contributed by atoms with van der Waals surface area (Å²) < 4.78 is 19.3. The van der Waals surface area contributed by atoms with Crippen molar-refractivity contribution in [3.05, 3.63) is 131 Å². The fraction of sp³-hybridized carbons (Fsp3) is 0.171. The lowest BCUT2D eigenvalue weighted by Gasteiger charge is -2.39. The average Bonchev–Trinajstić information content (AvgIpc) is 3.49. The van der Waals surface area contributed by atoms with Crippen LogP contribution in [-0.4, -0.2) is 36.7 Å². The van der Waals surface area contributed by atoms with Crippen molar-refractivity contribution in [1.82, 2.24) is 0 Å². The maximum Gasteiger partial charge on any atom is 0.238 e. The third-order valence-corrected chi connectivity index (χ3v) is 8.94. The Bertz CT molecular complexity index is 1800. The normalized spacial score (nSPS) is 23.5. The minimum atomic E-state index is -1.43. The van der Waals surface area contributed by atoms with Crippen molar-refractivity contribution in [2.75, 3.05) is 17.3 Å². The smallest absolute Gasteiger partial charge is 0.238 e. The van der Waals surface area contributed by atoms with Crippen LogP contribution in [0.5, 0.6) is 5.75 Å². The number of Topliss-reactive ketones (excluding diaryl/α,β-unsaturated/α-hetero) is 2. The van der Waals surface area contributed by atoms with Crippen molar-refractivity contribution in [2.24, 2.45) is 5.92 Å². The van der Waals surface area contributed by atoms with E-state index < -0.39 is 35.0 Å². The summed E-state index contributed by atoms with van der Waals surface area (Å²) in [5.41, 5.74) is 3.14. The molecular weight excluding hydrogens is 531 g/mol. The number of allylic oxidation sites excluding steroid dienone is 1. The molecule has 1 N–H and O–H groups in total. The van der Waals surface area contributed by atoms with E-state index in [4.69, 9.17) is 4.74 Å². The van der Waals surface area contributed by atoms with Gasteiger partial charge in [-0.25, -0.2) is 4.39 Å². The average molecular weight is 559 g/mol. The fourth-order valence-corrected chi connectivity index (χ4v) is 7.11. The standard InChI is InChI=1S/C35H27FN2O4/c1-20-19-29-35(26-8-4-5-9-27(26)37-34(35)41)30(32(39)21-11-15-23(36)16-12-21)31(38(29)28-10-6-3-7-25(20)28)33(40)22-13-17-24(42-2)18-14-22/h3-19,29-31H,1-2H3,(H,37,41)/t29-,30-,31+,35-/m0/s1. The molecule has 7 rings (SSSR count). The van der Waals surface area contributed by atoms with E-state index in [2.05, 4.69) is 5.32 Å². The van der Waals surface area contributed by atoms with Gasteiger partial charge >= 0.3 is 0 Å². The molecule has 0 aromatic heterocycles. The van der Waals surface area contributed by atoms with Crippen LogP contribution in [0.15, 0.2) is 103 Å². The molecule has 3 aliphatic heterocycles. The van der Waals surface area contributed by atoms with Crippen LogP contribution < -0.4 is 15.0 Å². The van der Waals surface area contributed by atoms with Gasteiger partial charge < -0.3 is 15.0 Å². The van der Waals surface area contributed by atoms with Crippen LogP contribution in [0.2, 0.25) is 0 Å². The number of para-hydroxylation sites is 2. The van der Waals surface area contributed by atoms with Gasteiger partial charge in [0.2, 0.25) is 5.91 Å². The molecule has 0 saturated carbocycles. The van der Waals surface area contributed by atoms with E-state index in [1.807, 2.05) is 66.4 Å². The number of amides is 1. The predicted octanol–water partition coefficient (Wildman–Crippen LogP) is 6.08. The number of methoxy groups -OCH3 is 1. The SMILES string of the molecule is COc1ccc(C(=O)[C@H]2[C@@H](C(=O)c3ccc(F)cc3)[C@@]3(C(=O)Nc4ccccc43)[C@@H]3C=C(C)c4ccccc4N32)cc1. The lowest BCUT2D eigenvalue weighted by molar-refractivity contribution is -0.121. The Morgan fingerprint density at radius 3 is 2.24 bits per heavy atom. The Morgan fingerprint density at radius 2 is 1.50 bits per heavy atom. The van der Waals surface area contributed by atoms with Gasteiger partial charge in [0.25, 0.3) is 0 Å². The molecule has 4 atom stereocenters. The second-order valence-corrected chi connectivity index (χ2v) is 11.0. The molecule has 4 aromatic rings. The van der Waals surface area contributed by atoms with E-state index in [9.17, 15) is 18.8 Å². The van der Waals surface area contributed by atoms with Crippen LogP contribution in [0.1, 0.15) is 38.8 Å². The maximum absolute atomic E-state index is 14.7. The molecule has 1 amide bonds. The first-order chi connectivity index (χ1) is 20.4. The quantitative estimate of drug-likeness (QED) is 0.301. The summed E-state index contributed by atoms with van der Waals surface area (Å²) >= 11 is 0. The highest BCUT2D eigenvalue weighted by atomic mass is 19.1. The Balaban J connectivity index is 1.53. The maximum atomic E-state index is 14.7. The number of anilines is 2. The van der Waals surface area contributed by atoms with Gasteiger partial charge in [-0.1, -0.05) is 42.5 Å². The number of hydrogen-bond donors (Lipinski definition) is 1. The summed E-state index contributed by atoms with van der Waals surface area (Å²) in [5.74, 6) is -2.04. The molecule has 208 valence electrons. The second kappa shape index (κ2) is 9.52. The van der Waals surface area contributed by atoms with Gasteiger partial charge in [0, 0.05) is 28.1 Å². The summed E-state index contributed by atoms with van der Waals surface area (Å²) in [7, 11) is 1.55. The fourth-order valence-electron chi connectivity index (χ4n) is 7.11. The molecule has 1 fully saturated rings. The summed E-state index contributed by atoms with van der Waals surface area (Å²) in [5, 5.41) is 3.03. The third-order valence-electron chi connectivity index (χ3n) is 8.94. The summed E-state index contributed by atoms with van der Waals surface area (Å²) in [6.07, 6.45) is 2.01. The number of benzene rings is 4. The number of ether oxygens (including phenoxy) is 1. The number of nitrogens with one attached hydrogen (secondary N) is 1. The zero-order chi connectivity index (χ0) is 29.2. The van der Waals surface area contributed by atoms with Gasteiger partial charge in [-0.2, -0.15) is 0 Å². The van der Waals surface area contributed by atoms with E-state index in [-0.39, 0.29) is 17.3 Å². The Morgan fingerprint density at radius 1 is 0.857 bits per heavy atom. The first kappa shape index (κ1) is 25.9. The van der Waals surface area contributed by atoms with Crippen LogP contribution in [0.25, 0.3) is 5.57 Å². The lowest BCUT2D eigenvalue weighted by atomic mass is 9.64. The minimum absolute atomic E-state index is 0.235. The second-order valence-electron chi connectivity index (χ2n) is 11.0. The summed E-state index contributed by atoms with van der Waals surface area (Å²) in [6.45, 7) is 1.98. The van der Waals surface area contributed by atoms with Crippen molar-refractivity contribution < 1.29 is 23.5 Å². The minimum Gasteiger partial charge on any atom is -0.497 e. The Kier molecular flexibility index (Phi) is 5.87. The van der Waals surface area contributed by atoms with Crippen molar-refractivity contribution in [2.45, 2.75) is 24.4 Å². The molecule has 0 aliphatic carbocycles. The number of carbonyl (C=O) groups is 3. The number of fused-ring (bicyclic) bond motifs is 6. The molecule has 0 bridgehead atoms. The van der Waals surface area contributed by atoms with Gasteiger partial charge in [-0.05, 0) is 78.7 Å². The van der Waals surface area contributed by atoms with E-state index in [1.54, 1.807) is 31.4 Å². The van der Waals surface area contributed by atoms with Crippen molar-refractivity contribution in [3.63, 3.8) is 0 Å². The monoisotopic (exact) mass is 558 g/mol. The van der Waals surface area contributed by atoms with Gasteiger partial charge in [0.15, 0.2) is 11.6 Å². The first-order valence-corrected chi connectivity index (χ1v) is 13.8. The van der Waals surface area contributed by atoms with Crippen molar-refractivity contribution >= 4 is 34.4 Å². The molecule has 4 aromatic carbocycles. The highest BCUT2D eigenvalue weighted by Crippen LogP contribution is 2.58. The molecule has 3 aliphatic rings. The zero-order valence-electron chi connectivity index (χ0n) is 23.0. The van der Waals surface area contributed by atoms with Crippen LogP contribution in [0.4, 0.5) is 15.8 Å². The highest BCUT2D eigenvalue weighted by molar-refractivity contribution is 6.18. The van der Waals surface area contributed by atoms with Crippen molar-refractivity contribution in [3.8, 4) is 5.75 Å². The van der Waals surface area contributed by atoms with E-state index in [1.165, 1.54) is 24.3 Å². The topological polar surface area (TPSA) is 75.7 Å². The van der Waals surface area contributed by atoms with Crippen LogP contribution in [0, 0.1) is 11.7 Å². The van der Waals surface area contributed by atoms with E-state index in [0.29, 0.717) is 22.6 Å². The van der Waals surface area contributed by atoms with Gasteiger partial charge in [-0.15, -0.1) is 0 Å². The lowest BCUT2D eigenvalue weighted by Crippen LogP contribution is -2.51. The molecule has 0 unspecified atom stereocenters. The largest absolute Gasteiger partial charge is 0.497 e. The van der Waals surface area contributed by atoms with Gasteiger partial charge in [0.1, 0.15) is 23.0 Å². The summed E-state index contributed by atoms with van der Waals surface area (Å²) in [6, 6.07) is 25.5. The van der Waals surface area contributed by atoms with E-state index >= 15 is 0 Å². The number of rotatable bonds is 5. The number of carbonyl (C=O) groups excluding carboxylic acids is 3. The predicted molar refractivity (Wildman–Crippen MR) is 158 cm³/mol. The molecule has 7 heteroatoms. The Hall–Kier alpha value is -5.04. The molecule has 3 heterocycles. The number of nitrogens with zero attached hydrogens (tertiary/aromatic N) is 1. The molecule has 1 spiro atoms. The molecule has 0 radical (unpaired) electrons. The van der Waals surface area contributed by atoms with Crippen LogP contribution >= 0.6 is 0 Å². The highest BCUT2D eigenvalue weighted by Gasteiger charge is 2.70. The summed E-state index contributed by atoms with van der Waals surface area (Å²) in [4.78, 5) is 45.8. The van der Waals surface area contributed by atoms with Crippen LogP contribution in [0.3, 0.4) is 0 Å². The third kappa shape index (κ3) is 3.52. The first-order valence-electron chi connectivity index (χ1n) is 13.8. The number of halogens is 1. The van der Waals surface area contributed by atoms with Gasteiger partial charge in [-0.3, -0.25) is 14.4 Å². The van der Waals surface area contributed by atoms with E-state index in [0.717, 1.165) is 16.8 Å². The number of ketones is 2. The zero-order valence-corrected chi connectivity index (χ0v) is 23.0. The number of hydrogen-bond acceptors (Lipinski definition) is 5. The Labute approximate surface area is 242 Å².